The third kappa shape index (κ3) is 6.25. The number of nitrogens with zero attached hydrogens (tertiary/aromatic N) is 1. The number of para-hydroxylation sites is 1. The predicted molar refractivity (Wildman–Crippen MR) is 84.4 cm³/mol. The van der Waals surface area contributed by atoms with E-state index in [1.165, 1.54) is 0 Å². The van der Waals surface area contributed by atoms with Crippen molar-refractivity contribution in [1.29, 1.82) is 0 Å². The van der Waals surface area contributed by atoms with Gasteiger partial charge in [0.15, 0.2) is 0 Å². The number of anilines is 1. The van der Waals surface area contributed by atoms with Crippen LogP contribution in [-0.2, 0) is 4.79 Å². The Morgan fingerprint density at radius 3 is 2.33 bits per heavy atom. The van der Waals surface area contributed by atoms with Gasteiger partial charge >= 0.3 is 0 Å². The van der Waals surface area contributed by atoms with Crippen LogP contribution in [0.15, 0.2) is 18.2 Å². The van der Waals surface area contributed by atoms with Crippen LogP contribution in [0.1, 0.15) is 24.0 Å². The van der Waals surface area contributed by atoms with E-state index >= 15 is 0 Å². The van der Waals surface area contributed by atoms with Crippen molar-refractivity contribution >= 4 is 11.6 Å². The molecule has 0 spiro atoms. The second-order valence-electron chi connectivity index (χ2n) is 5.25. The summed E-state index contributed by atoms with van der Waals surface area (Å²) >= 11 is 0. The Morgan fingerprint density at radius 1 is 1.10 bits per heavy atom. The monoisotopic (exact) mass is 294 g/mol. The second-order valence-corrected chi connectivity index (χ2v) is 5.25. The van der Waals surface area contributed by atoms with E-state index in [9.17, 15) is 4.79 Å². The molecular weight excluding hydrogens is 268 g/mol. The molecular formula is C16H26N2O3. The summed E-state index contributed by atoms with van der Waals surface area (Å²) in [5, 5.41) is 20.8. The van der Waals surface area contributed by atoms with Crippen molar-refractivity contribution < 1.29 is 15.0 Å². The molecule has 5 heteroatoms. The van der Waals surface area contributed by atoms with E-state index in [-0.39, 0.29) is 25.7 Å². The van der Waals surface area contributed by atoms with Gasteiger partial charge in [0.25, 0.3) is 0 Å². The normalized spacial score (nSPS) is 10.9. The highest BCUT2D eigenvalue weighted by Gasteiger charge is 2.12. The zero-order chi connectivity index (χ0) is 15.7. The molecule has 0 saturated carbocycles. The Labute approximate surface area is 126 Å². The summed E-state index contributed by atoms with van der Waals surface area (Å²) in [4.78, 5) is 14.1. The van der Waals surface area contributed by atoms with Crippen LogP contribution in [0.2, 0.25) is 0 Å². The number of carbonyl (C=O) groups excluding carboxylic acids is 1. The Hall–Kier alpha value is -1.43. The average Bonchev–Trinajstić information content (AvgIpc) is 2.43. The molecule has 0 atom stereocenters. The number of hydrogen-bond donors (Lipinski definition) is 3. The Kier molecular flexibility index (Phi) is 7.97. The lowest BCUT2D eigenvalue weighted by Gasteiger charge is -2.21. The van der Waals surface area contributed by atoms with Crippen molar-refractivity contribution in [2.24, 2.45) is 0 Å². The first-order chi connectivity index (χ1) is 10.1. The topological polar surface area (TPSA) is 72.8 Å². The molecule has 118 valence electrons. The molecule has 0 unspecified atom stereocenters. The lowest BCUT2D eigenvalue weighted by atomic mass is 10.1. The number of aliphatic hydroxyl groups is 2. The predicted octanol–water partition coefficient (Wildman–Crippen LogP) is 1.31. The van der Waals surface area contributed by atoms with Gasteiger partial charge in [-0.3, -0.25) is 9.69 Å². The SMILES string of the molecule is Cc1cccc(C)c1NC(=O)CN(CCO)CCCCO. The minimum atomic E-state index is -0.0788. The summed E-state index contributed by atoms with van der Waals surface area (Å²) in [6, 6.07) is 5.90. The number of hydrogen-bond acceptors (Lipinski definition) is 4. The number of aryl methyl sites for hydroxylation is 2. The molecule has 0 heterocycles. The standard InChI is InChI=1S/C16H26N2O3/c1-13-6-5-7-14(2)16(13)17-15(21)12-18(9-11-20)8-3-4-10-19/h5-7,19-20H,3-4,8-12H2,1-2H3,(H,17,21). The fraction of sp³-hybridized carbons (Fsp3) is 0.562. The highest BCUT2D eigenvalue weighted by molar-refractivity contribution is 5.93. The van der Waals surface area contributed by atoms with Crippen LogP contribution >= 0.6 is 0 Å². The van der Waals surface area contributed by atoms with E-state index in [2.05, 4.69) is 5.32 Å². The Morgan fingerprint density at radius 2 is 1.76 bits per heavy atom. The van der Waals surface area contributed by atoms with Crippen LogP contribution < -0.4 is 5.32 Å². The first-order valence-corrected chi connectivity index (χ1v) is 7.38. The fourth-order valence-corrected chi connectivity index (χ4v) is 2.25. The third-order valence-corrected chi connectivity index (χ3v) is 3.41. The lowest BCUT2D eigenvalue weighted by molar-refractivity contribution is -0.117. The molecule has 5 nitrogen and oxygen atoms in total. The maximum Gasteiger partial charge on any atom is 0.238 e. The van der Waals surface area contributed by atoms with E-state index in [1.807, 2.05) is 36.9 Å². The van der Waals surface area contributed by atoms with Crippen molar-refractivity contribution in [3.63, 3.8) is 0 Å². The van der Waals surface area contributed by atoms with Gasteiger partial charge in [0, 0.05) is 18.8 Å². The van der Waals surface area contributed by atoms with Crippen molar-refractivity contribution in [1.82, 2.24) is 4.90 Å². The van der Waals surface area contributed by atoms with Gasteiger partial charge in [0.2, 0.25) is 5.91 Å². The van der Waals surface area contributed by atoms with Gasteiger partial charge < -0.3 is 15.5 Å². The van der Waals surface area contributed by atoms with Crippen LogP contribution in [0.3, 0.4) is 0 Å². The minimum Gasteiger partial charge on any atom is -0.396 e. The van der Waals surface area contributed by atoms with E-state index < -0.39 is 0 Å². The minimum absolute atomic E-state index is 0.0236. The van der Waals surface area contributed by atoms with Crippen LogP contribution in [0.25, 0.3) is 0 Å². The summed E-state index contributed by atoms with van der Waals surface area (Å²) < 4.78 is 0. The van der Waals surface area contributed by atoms with Crippen LogP contribution in [-0.4, -0.2) is 53.9 Å². The second kappa shape index (κ2) is 9.50. The zero-order valence-corrected chi connectivity index (χ0v) is 12.9. The van der Waals surface area contributed by atoms with Crippen molar-refractivity contribution in [2.45, 2.75) is 26.7 Å². The van der Waals surface area contributed by atoms with Crippen molar-refractivity contribution in [3.05, 3.63) is 29.3 Å². The highest BCUT2D eigenvalue weighted by atomic mass is 16.3. The molecule has 0 fully saturated rings. The molecule has 1 aromatic carbocycles. The van der Waals surface area contributed by atoms with E-state index in [1.54, 1.807) is 0 Å². The molecule has 0 saturated heterocycles. The maximum absolute atomic E-state index is 12.2. The maximum atomic E-state index is 12.2. The van der Waals surface area contributed by atoms with Crippen molar-refractivity contribution in [2.75, 3.05) is 38.2 Å². The molecule has 21 heavy (non-hydrogen) atoms. The quantitative estimate of drug-likeness (QED) is 0.600. The number of rotatable bonds is 9. The number of amides is 1. The number of benzene rings is 1. The van der Waals surface area contributed by atoms with E-state index in [0.29, 0.717) is 19.5 Å². The summed E-state index contributed by atoms with van der Waals surface area (Å²) in [6.07, 6.45) is 1.52. The Bertz CT molecular complexity index is 429. The zero-order valence-electron chi connectivity index (χ0n) is 12.9. The molecule has 0 bridgehead atoms. The van der Waals surface area contributed by atoms with Crippen LogP contribution in [0.4, 0.5) is 5.69 Å². The van der Waals surface area contributed by atoms with Crippen molar-refractivity contribution in [3.8, 4) is 0 Å². The number of nitrogens with one attached hydrogen (secondary N) is 1. The lowest BCUT2D eigenvalue weighted by Crippen LogP contribution is -2.36. The molecule has 1 rings (SSSR count). The van der Waals surface area contributed by atoms with E-state index in [0.717, 1.165) is 23.2 Å². The van der Waals surface area contributed by atoms with Gasteiger partial charge in [0.05, 0.1) is 13.2 Å². The summed E-state index contributed by atoms with van der Waals surface area (Å²) in [6.45, 7) is 5.52. The molecule has 0 radical (unpaired) electrons. The van der Waals surface area contributed by atoms with Gasteiger partial charge in [-0.15, -0.1) is 0 Å². The number of aliphatic hydroxyl groups excluding tert-OH is 2. The summed E-state index contributed by atoms with van der Waals surface area (Å²) in [5.41, 5.74) is 2.94. The molecule has 0 aliphatic rings. The molecule has 3 N–H and O–H groups in total. The van der Waals surface area contributed by atoms with Gasteiger partial charge in [-0.2, -0.15) is 0 Å². The first kappa shape index (κ1) is 17.6. The van der Waals surface area contributed by atoms with Gasteiger partial charge in [-0.25, -0.2) is 0 Å². The average molecular weight is 294 g/mol. The smallest absolute Gasteiger partial charge is 0.238 e. The summed E-state index contributed by atoms with van der Waals surface area (Å²) in [7, 11) is 0. The number of unbranched alkanes of at least 4 members (excludes halogenated alkanes) is 1. The van der Waals surface area contributed by atoms with Gasteiger partial charge in [0.1, 0.15) is 0 Å². The van der Waals surface area contributed by atoms with Gasteiger partial charge in [-0.1, -0.05) is 18.2 Å². The molecule has 0 aliphatic carbocycles. The summed E-state index contributed by atoms with van der Waals surface area (Å²) in [5.74, 6) is -0.0788. The van der Waals surface area contributed by atoms with Crippen LogP contribution in [0, 0.1) is 13.8 Å². The molecule has 1 amide bonds. The first-order valence-electron chi connectivity index (χ1n) is 7.38. The molecule has 0 aliphatic heterocycles. The third-order valence-electron chi connectivity index (χ3n) is 3.41. The largest absolute Gasteiger partial charge is 0.396 e. The number of carbonyl (C=O) groups is 1. The van der Waals surface area contributed by atoms with Gasteiger partial charge in [-0.05, 0) is 44.4 Å². The van der Waals surface area contributed by atoms with E-state index in [4.69, 9.17) is 10.2 Å². The Balaban J connectivity index is 2.56. The van der Waals surface area contributed by atoms with Crippen LogP contribution in [0.5, 0.6) is 0 Å². The highest BCUT2D eigenvalue weighted by Crippen LogP contribution is 2.19. The molecule has 1 aromatic rings. The molecule has 0 aromatic heterocycles. The fourth-order valence-electron chi connectivity index (χ4n) is 2.25.